The molecule has 4 heteroatoms. The molecule has 0 saturated heterocycles. The number of aliphatic hydroxyl groups excluding tert-OH is 1. The Morgan fingerprint density at radius 1 is 1.39 bits per heavy atom. The first-order chi connectivity index (χ1) is 8.67. The minimum atomic E-state index is 0.000639. The topological polar surface area (TPSA) is 75.3 Å². The van der Waals surface area contributed by atoms with Crippen LogP contribution in [-0.4, -0.2) is 24.2 Å². The summed E-state index contributed by atoms with van der Waals surface area (Å²) in [5.74, 6) is 0.296. The number of amides is 1. The van der Waals surface area contributed by atoms with Crippen LogP contribution in [0.15, 0.2) is 24.3 Å². The maximum atomic E-state index is 11.8. The van der Waals surface area contributed by atoms with Crippen LogP contribution >= 0.6 is 0 Å². The van der Waals surface area contributed by atoms with Gasteiger partial charge in [-0.2, -0.15) is 0 Å². The van der Waals surface area contributed by atoms with Crippen molar-refractivity contribution in [3.8, 4) is 0 Å². The highest BCUT2D eigenvalue weighted by molar-refractivity contribution is 5.78. The molecule has 0 bridgehead atoms. The lowest BCUT2D eigenvalue weighted by Crippen LogP contribution is -2.30. The fraction of sp³-hybridized carbons (Fsp3) is 0.500. The molecule has 18 heavy (non-hydrogen) atoms. The number of benzene rings is 1. The SMILES string of the molecule is CC(CCO)CNC(=O)Cc1ccccc1CN. The van der Waals surface area contributed by atoms with Gasteiger partial charge in [0.2, 0.25) is 5.91 Å². The first-order valence-electron chi connectivity index (χ1n) is 6.31. The fourth-order valence-electron chi connectivity index (χ4n) is 1.78. The normalized spacial score (nSPS) is 12.2. The lowest BCUT2D eigenvalue weighted by molar-refractivity contribution is -0.120. The summed E-state index contributed by atoms with van der Waals surface area (Å²) >= 11 is 0. The molecular formula is C14H22N2O2. The zero-order valence-electron chi connectivity index (χ0n) is 10.9. The van der Waals surface area contributed by atoms with Crippen molar-refractivity contribution in [1.29, 1.82) is 0 Å². The number of nitrogens with one attached hydrogen (secondary N) is 1. The number of hydrogen-bond acceptors (Lipinski definition) is 3. The number of carbonyl (C=O) groups is 1. The Balaban J connectivity index is 2.44. The van der Waals surface area contributed by atoms with Crippen LogP contribution in [0.1, 0.15) is 24.5 Å². The molecule has 0 spiro atoms. The fourth-order valence-corrected chi connectivity index (χ4v) is 1.78. The number of carbonyl (C=O) groups excluding carboxylic acids is 1. The van der Waals surface area contributed by atoms with Gasteiger partial charge in [-0.3, -0.25) is 4.79 Å². The van der Waals surface area contributed by atoms with E-state index in [1.54, 1.807) is 0 Å². The quantitative estimate of drug-likeness (QED) is 0.670. The largest absolute Gasteiger partial charge is 0.396 e. The van der Waals surface area contributed by atoms with Gasteiger partial charge in [-0.1, -0.05) is 31.2 Å². The summed E-state index contributed by atoms with van der Waals surface area (Å²) in [6.45, 7) is 3.21. The second-order valence-electron chi connectivity index (χ2n) is 4.57. The Hall–Kier alpha value is -1.39. The van der Waals surface area contributed by atoms with E-state index in [1.807, 2.05) is 31.2 Å². The van der Waals surface area contributed by atoms with E-state index in [-0.39, 0.29) is 12.5 Å². The van der Waals surface area contributed by atoms with Crippen molar-refractivity contribution in [3.63, 3.8) is 0 Å². The van der Waals surface area contributed by atoms with E-state index in [0.717, 1.165) is 11.1 Å². The van der Waals surface area contributed by atoms with Gasteiger partial charge in [0.05, 0.1) is 6.42 Å². The van der Waals surface area contributed by atoms with E-state index in [2.05, 4.69) is 5.32 Å². The molecule has 1 unspecified atom stereocenters. The van der Waals surface area contributed by atoms with Crippen LogP contribution in [0.4, 0.5) is 0 Å². The smallest absolute Gasteiger partial charge is 0.224 e. The summed E-state index contributed by atoms with van der Waals surface area (Å²) in [5.41, 5.74) is 7.62. The van der Waals surface area contributed by atoms with Crippen LogP contribution in [0, 0.1) is 5.92 Å². The van der Waals surface area contributed by atoms with Gasteiger partial charge in [-0.15, -0.1) is 0 Å². The highest BCUT2D eigenvalue weighted by Crippen LogP contribution is 2.08. The van der Waals surface area contributed by atoms with Gasteiger partial charge in [-0.05, 0) is 23.5 Å². The van der Waals surface area contributed by atoms with Gasteiger partial charge < -0.3 is 16.2 Å². The molecule has 4 N–H and O–H groups in total. The van der Waals surface area contributed by atoms with Crippen molar-refractivity contribution in [2.75, 3.05) is 13.2 Å². The van der Waals surface area contributed by atoms with Gasteiger partial charge in [0.15, 0.2) is 0 Å². The van der Waals surface area contributed by atoms with Crippen LogP contribution in [0.2, 0.25) is 0 Å². The van der Waals surface area contributed by atoms with Crippen molar-refractivity contribution in [2.45, 2.75) is 26.3 Å². The summed E-state index contributed by atoms with van der Waals surface area (Å²) in [6, 6.07) is 7.71. The molecule has 1 aromatic rings. The van der Waals surface area contributed by atoms with Crippen molar-refractivity contribution < 1.29 is 9.90 Å². The number of hydrogen-bond donors (Lipinski definition) is 3. The summed E-state index contributed by atoms with van der Waals surface area (Å²) in [6.07, 6.45) is 1.07. The predicted octanol–water partition coefficient (Wildman–Crippen LogP) is 0.822. The standard InChI is InChI=1S/C14H22N2O2/c1-11(6-7-17)10-16-14(18)8-12-4-2-3-5-13(12)9-15/h2-5,11,17H,6-10,15H2,1H3,(H,16,18). The molecule has 0 fully saturated rings. The second-order valence-corrected chi connectivity index (χ2v) is 4.57. The molecule has 0 saturated carbocycles. The average Bonchev–Trinajstić information content (AvgIpc) is 2.37. The minimum absolute atomic E-state index is 0.000639. The van der Waals surface area contributed by atoms with Crippen LogP contribution in [-0.2, 0) is 17.8 Å². The van der Waals surface area contributed by atoms with Crippen LogP contribution in [0.5, 0.6) is 0 Å². The molecule has 0 aliphatic heterocycles. The Bertz CT molecular complexity index is 380. The van der Waals surface area contributed by atoms with E-state index < -0.39 is 0 Å². The van der Waals surface area contributed by atoms with Gasteiger partial charge in [0.1, 0.15) is 0 Å². The van der Waals surface area contributed by atoms with Crippen LogP contribution in [0.25, 0.3) is 0 Å². The zero-order chi connectivity index (χ0) is 13.4. The third-order valence-corrected chi connectivity index (χ3v) is 2.96. The highest BCUT2D eigenvalue weighted by atomic mass is 16.3. The Morgan fingerprint density at radius 2 is 2.06 bits per heavy atom. The molecule has 1 aromatic carbocycles. The lowest BCUT2D eigenvalue weighted by Gasteiger charge is -2.12. The second kappa shape index (κ2) is 7.84. The van der Waals surface area contributed by atoms with E-state index in [1.165, 1.54) is 0 Å². The molecular weight excluding hydrogens is 228 g/mol. The molecule has 0 radical (unpaired) electrons. The first kappa shape index (κ1) is 14.7. The van der Waals surface area contributed by atoms with Crippen molar-refractivity contribution in [2.24, 2.45) is 11.7 Å². The van der Waals surface area contributed by atoms with E-state index in [0.29, 0.717) is 31.8 Å². The average molecular weight is 250 g/mol. The molecule has 100 valence electrons. The van der Waals surface area contributed by atoms with Crippen LogP contribution < -0.4 is 11.1 Å². The van der Waals surface area contributed by atoms with Gasteiger partial charge in [-0.25, -0.2) is 0 Å². The molecule has 4 nitrogen and oxygen atoms in total. The van der Waals surface area contributed by atoms with Gasteiger partial charge >= 0.3 is 0 Å². The predicted molar refractivity (Wildman–Crippen MR) is 71.9 cm³/mol. The van der Waals surface area contributed by atoms with Crippen LogP contribution in [0.3, 0.4) is 0 Å². The molecule has 1 atom stereocenters. The Morgan fingerprint density at radius 3 is 2.67 bits per heavy atom. The van der Waals surface area contributed by atoms with Crippen molar-refractivity contribution >= 4 is 5.91 Å². The highest BCUT2D eigenvalue weighted by Gasteiger charge is 2.08. The van der Waals surface area contributed by atoms with E-state index in [9.17, 15) is 4.79 Å². The number of nitrogens with two attached hydrogens (primary N) is 1. The maximum absolute atomic E-state index is 11.8. The summed E-state index contributed by atoms with van der Waals surface area (Å²) < 4.78 is 0. The van der Waals surface area contributed by atoms with Crippen molar-refractivity contribution in [3.05, 3.63) is 35.4 Å². The molecule has 0 aromatic heterocycles. The Kier molecular flexibility index (Phi) is 6.39. The number of aliphatic hydroxyl groups is 1. The summed E-state index contributed by atoms with van der Waals surface area (Å²) in [7, 11) is 0. The molecule has 0 aliphatic rings. The summed E-state index contributed by atoms with van der Waals surface area (Å²) in [5, 5.41) is 11.7. The third kappa shape index (κ3) is 4.85. The third-order valence-electron chi connectivity index (χ3n) is 2.96. The Labute approximate surface area is 108 Å². The summed E-state index contributed by atoms with van der Waals surface area (Å²) in [4.78, 5) is 11.8. The molecule has 0 aliphatic carbocycles. The zero-order valence-corrected chi connectivity index (χ0v) is 10.9. The maximum Gasteiger partial charge on any atom is 0.224 e. The molecule has 1 amide bonds. The molecule has 0 heterocycles. The van der Waals surface area contributed by atoms with Gasteiger partial charge in [0, 0.05) is 19.7 Å². The van der Waals surface area contributed by atoms with Gasteiger partial charge in [0.25, 0.3) is 0 Å². The van der Waals surface area contributed by atoms with E-state index >= 15 is 0 Å². The van der Waals surface area contributed by atoms with Crippen molar-refractivity contribution in [1.82, 2.24) is 5.32 Å². The monoisotopic (exact) mass is 250 g/mol. The van der Waals surface area contributed by atoms with E-state index in [4.69, 9.17) is 10.8 Å². The lowest BCUT2D eigenvalue weighted by atomic mass is 10.0. The first-order valence-corrected chi connectivity index (χ1v) is 6.31. The minimum Gasteiger partial charge on any atom is -0.396 e. The molecule has 1 rings (SSSR count). The number of rotatable bonds is 7.